The number of hydrogen-bond acceptors (Lipinski definition) is 5. The molecule has 0 aliphatic carbocycles. The Balaban J connectivity index is 1.62. The Kier molecular flexibility index (Phi) is 7.78. The predicted molar refractivity (Wildman–Crippen MR) is 153 cm³/mol. The molecule has 0 saturated heterocycles. The number of amides is 2. The molecule has 4 N–H and O–H groups in total. The van der Waals surface area contributed by atoms with Crippen molar-refractivity contribution in [1.82, 2.24) is 14.9 Å². The van der Waals surface area contributed by atoms with Crippen molar-refractivity contribution in [3.63, 3.8) is 0 Å². The van der Waals surface area contributed by atoms with E-state index >= 15 is 0 Å². The van der Waals surface area contributed by atoms with Gasteiger partial charge >= 0.3 is 0 Å². The van der Waals surface area contributed by atoms with E-state index in [0.717, 1.165) is 0 Å². The Bertz CT molecular complexity index is 1560. The molecule has 198 valence electrons. The van der Waals surface area contributed by atoms with Gasteiger partial charge in [0.1, 0.15) is 5.75 Å². The molecule has 0 radical (unpaired) electrons. The van der Waals surface area contributed by atoms with Crippen LogP contribution >= 0.6 is 34.8 Å². The Hall–Kier alpha value is -3.46. The van der Waals surface area contributed by atoms with Gasteiger partial charge in [-0.25, -0.2) is 4.98 Å². The van der Waals surface area contributed by atoms with Gasteiger partial charge in [0.2, 0.25) is 11.9 Å². The van der Waals surface area contributed by atoms with Crippen LogP contribution in [0.2, 0.25) is 15.1 Å². The second-order valence-corrected chi connectivity index (χ2v) is 11.0. The molecule has 0 saturated carbocycles. The number of fused-ring (bicyclic) bond motifs is 1. The van der Waals surface area contributed by atoms with Gasteiger partial charge in [-0.15, -0.1) is 0 Å². The molecular weight excluding hydrogens is 549 g/mol. The van der Waals surface area contributed by atoms with Crippen LogP contribution in [0.1, 0.15) is 36.7 Å². The van der Waals surface area contributed by atoms with Crippen LogP contribution in [0.4, 0.5) is 17.3 Å². The summed E-state index contributed by atoms with van der Waals surface area (Å²) in [4.78, 5) is 29.7. The number of phenols is 1. The number of rotatable bonds is 6. The van der Waals surface area contributed by atoms with Crippen molar-refractivity contribution < 1.29 is 14.7 Å². The van der Waals surface area contributed by atoms with E-state index in [-0.39, 0.29) is 23.8 Å². The van der Waals surface area contributed by atoms with Crippen molar-refractivity contribution in [3.8, 4) is 5.75 Å². The molecule has 1 heterocycles. The standard InChI is InChI=1S/C27H26Cl3N5O3/c1-27(2,3)25(38)31-13-14-8-9-18(29)23(22(14)30)34-26-33-19-11-17(21(36)12-20(19)35(26)4)24(37)32-16-7-5-6-15(28)10-16/h5-12,36H,13H2,1-4H3,(H,31,38)(H,32,37)(H,33,34). The summed E-state index contributed by atoms with van der Waals surface area (Å²) in [7, 11) is 1.75. The molecule has 38 heavy (non-hydrogen) atoms. The number of aromatic nitrogens is 2. The van der Waals surface area contributed by atoms with E-state index in [0.29, 0.717) is 49.0 Å². The lowest BCUT2D eigenvalue weighted by Crippen LogP contribution is -2.34. The third kappa shape index (κ3) is 5.83. The summed E-state index contributed by atoms with van der Waals surface area (Å²) < 4.78 is 1.70. The highest BCUT2D eigenvalue weighted by molar-refractivity contribution is 6.39. The van der Waals surface area contributed by atoms with Crippen LogP contribution in [0.15, 0.2) is 48.5 Å². The van der Waals surface area contributed by atoms with Gasteiger partial charge in [-0.3, -0.25) is 9.59 Å². The van der Waals surface area contributed by atoms with Gasteiger partial charge in [0.15, 0.2) is 0 Å². The largest absolute Gasteiger partial charge is 0.507 e. The second-order valence-electron chi connectivity index (χ2n) is 9.77. The normalized spacial score (nSPS) is 11.4. The van der Waals surface area contributed by atoms with E-state index in [4.69, 9.17) is 34.8 Å². The number of carbonyl (C=O) groups is 2. The zero-order valence-electron chi connectivity index (χ0n) is 21.1. The highest BCUT2D eigenvalue weighted by Gasteiger charge is 2.22. The van der Waals surface area contributed by atoms with Crippen LogP contribution in [0.5, 0.6) is 5.75 Å². The third-order valence-corrected chi connectivity index (χ3v) is 6.84. The lowest BCUT2D eigenvalue weighted by molar-refractivity contribution is -0.128. The van der Waals surface area contributed by atoms with Gasteiger partial charge in [-0.05, 0) is 35.9 Å². The molecule has 11 heteroatoms. The van der Waals surface area contributed by atoms with Crippen molar-refractivity contribution in [2.24, 2.45) is 12.5 Å². The van der Waals surface area contributed by atoms with E-state index in [1.54, 1.807) is 48.0 Å². The number of carbonyl (C=O) groups excluding carboxylic acids is 2. The van der Waals surface area contributed by atoms with Crippen molar-refractivity contribution in [1.29, 1.82) is 0 Å². The molecular formula is C27H26Cl3N5O3. The molecule has 4 rings (SSSR count). The number of anilines is 3. The van der Waals surface area contributed by atoms with E-state index in [2.05, 4.69) is 20.9 Å². The predicted octanol–water partition coefficient (Wildman–Crippen LogP) is 6.90. The fraction of sp³-hybridized carbons (Fsp3) is 0.222. The minimum atomic E-state index is -0.539. The highest BCUT2D eigenvalue weighted by atomic mass is 35.5. The van der Waals surface area contributed by atoms with Gasteiger partial charge in [-0.1, -0.05) is 67.7 Å². The van der Waals surface area contributed by atoms with Gasteiger partial charge in [0, 0.05) is 35.8 Å². The number of nitrogens with one attached hydrogen (secondary N) is 3. The summed E-state index contributed by atoms with van der Waals surface area (Å²) in [6.07, 6.45) is 0. The average molecular weight is 575 g/mol. The molecule has 0 aliphatic heterocycles. The number of benzene rings is 3. The molecule has 1 aromatic heterocycles. The lowest BCUT2D eigenvalue weighted by atomic mass is 9.95. The van der Waals surface area contributed by atoms with Gasteiger partial charge in [-0.2, -0.15) is 0 Å². The number of nitrogens with zero attached hydrogens (tertiary/aromatic N) is 2. The molecule has 0 atom stereocenters. The van der Waals surface area contributed by atoms with Crippen LogP contribution in [0.3, 0.4) is 0 Å². The quantitative estimate of drug-likeness (QED) is 0.200. The molecule has 3 aromatic carbocycles. The fourth-order valence-corrected chi connectivity index (χ4v) is 4.41. The topological polar surface area (TPSA) is 108 Å². The van der Waals surface area contributed by atoms with Crippen molar-refractivity contribution in [2.75, 3.05) is 10.6 Å². The summed E-state index contributed by atoms with van der Waals surface area (Å²) in [6.45, 7) is 5.71. The first-order valence-corrected chi connectivity index (χ1v) is 12.8. The van der Waals surface area contributed by atoms with E-state index in [1.165, 1.54) is 12.1 Å². The Morgan fingerprint density at radius 3 is 2.47 bits per heavy atom. The summed E-state index contributed by atoms with van der Waals surface area (Å²) in [6, 6.07) is 13.1. The maximum Gasteiger partial charge on any atom is 0.259 e. The first-order valence-electron chi connectivity index (χ1n) is 11.6. The van der Waals surface area contributed by atoms with E-state index in [1.807, 2.05) is 20.8 Å². The number of aromatic hydroxyl groups is 1. The summed E-state index contributed by atoms with van der Waals surface area (Å²) >= 11 is 19.1. The minimum Gasteiger partial charge on any atom is -0.507 e. The first kappa shape index (κ1) is 27.6. The molecule has 4 aromatic rings. The maximum absolute atomic E-state index is 12.8. The fourth-order valence-electron chi connectivity index (χ4n) is 3.68. The number of phenolic OH excluding ortho intramolecular Hbond substituents is 1. The molecule has 0 fully saturated rings. The molecule has 8 nitrogen and oxygen atoms in total. The molecule has 0 aliphatic rings. The third-order valence-electron chi connectivity index (χ3n) is 5.85. The smallest absolute Gasteiger partial charge is 0.259 e. The van der Waals surface area contributed by atoms with Crippen LogP contribution in [0, 0.1) is 5.41 Å². The molecule has 2 amide bonds. The van der Waals surface area contributed by atoms with Gasteiger partial charge in [0.25, 0.3) is 5.91 Å². The number of halogens is 3. The minimum absolute atomic E-state index is 0.0507. The van der Waals surface area contributed by atoms with E-state index in [9.17, 15) is 14.7 Å². The molecule has 0 unspecified atom stereocenters. The van der Waals surface area contributed by atoms with Crippen molar-refractivity contribution >= 4 is 75.0 Å². The first-order chi connectivity index (χ1) is 17.8. The van der Waals surface area contributed by atoms with Crippen molar-refractivity contribution in [3.05, 3.63) is 74.7 Å². The monoisotopic (exact) mass is 573 g/mol. The summed E-state index contributed by atoms with van der Waals surface area (Å²) in [5, 5.41) is 20.5. The van der Waals surface area contributed by atoms with Crippen molar-refractivity contribution in [2.45, 2.75) is 27.3 Å². The maximum atomic E-state index is 12.8. The molecule has 0 spiro atoms. The highest BCUT2D eigenvalue weighted by Crippen LogP contribution is 2.37. The summed E-state index contributed by atoms with van der Waals surface area (Å²) in [5.41, 5.74) is 2.13. The SMILES string of the molecule is Cn1c(Nc2c(Cl)ccc(CNC(=O)C(C)(C)C)c2Cl)nc2cc(C(=O)Nc3cccc(Cl)c3)c(O)cc21. The zero-order chi connectivity index (χ0) is 27.8. The number of imidazole rings is 1. The van der Waals surface area contributed by atoms with Crippen LogP contribution < -0.4 is 16.0 Å². The van der Waals surface area contributed by atoms with Crippen LogP contribution in [0.25, 0.3) is 11.0 Å². The lowest BCUT2D eigenvalue weighted by Gasteiger charge is -2.19. The van der Waals surface area contributed by atoms with E-state index < -0.39 is 11.3 Å². The van der Waals surface area contributed by atoms with Crippen LogP contribution in [-0.4, -0.2) is 26.5 Å². The van der Waals surface area contributed by atoms with Gasteiger partial charge < -0.3 is 25.6 Å². The summed E-state index contributed by atoms with van der Waals surface area (Å²) in [5.74, 6) is -0.447. The van der Waals surface area contributed by atoms with Crippen LogP contribution in [-0.2, 0) is 18.4 Å². The Labute approximate surface area is 234 Å². The number of aryl methyl sites for hydroxylation is 1. The Morgan fingerprint density at radius 1 is 1.05 bits per heavy atom. The Morgan fingerprint density at radius 2 is 1.79 bits per heavy atom. The zero-order valence-corrected chi connectivity index (χ0v) is 23.4. The second kappa shape index (κ2) is 10.7. The van der Waals surface area contributed by atoms with Gasteiger partial charge in [0.05, 0.1) is 32.3 Å². The average Bonchev–Trinajstić information content (AvgIpc) is 3.14. The molecule has 0 bridgehead atoms. The number of hydrogen-bond donors (Lipinski definition) is 4.